The van der Waals surface area contributed by atoms with Crippen LogP contribution in [0.2, 0.25) is 0 Å². The standard InChI is InChI=1S/C24H25N3O4/c1-30-21-10-5-4-9-19(21)26-24(29)23(28)25-15-20(22-11-6-14-31-22)27-13-12-17-7-2-3-8-18(17)16-27/h2-11,14,20H,12-13,15-16H2,1H3,(H,25,28)(H,26,29)/p+1/t20-/m0/s1. The molecule has 0 fully saturated rings. The summed E-state index contributed by atoms with van der Waals surface area (Å²) in [5.41, 5.74) is 3.12. The van der Waals surface area contributed by atoms with Gasteiger partial charge in [0.15, 0.2) is 11.8 Å². The van der Waals surface area contributed by atoms with E-state index in [0.29, 0.717) is 18.0 Å². The molecule has 2 amide bonds. The summed E-state index contributed by atoms with van der Waals surface area (Å²) in [6.45, 7) is 2.06. The van der Waals surface area contributed by atoms with Gasteiger partial charge in [-0.2, -0.15) is 0 Å². The molecule has 2 atom stereocenters. The number of ether oxygens (including phenoxy) is 1. The van der Waals surface area contributed by atoms with E-state index in [1.807, 2.05) is 18.2 Å². The van der Waals surface area contributed by atoms with Gasteiger partial charge in [-0.1, -0.05) is 36.4 Å². The molecule has 1 unspecified atom stereocenters. The fourth-order valence-corrected chi connectivity index (χ4v) is 4.04. The quantitative estimate of drug-likeness (QED) is 0.530. The van der Waals surface area contributed by atoms with Crippen LogP contribution in [-0.2, 0) is 22.6 Å². The zero-order chi connectivity index (χ0) is 21.6. The summed E-state index contributed by atoms with van der Waals surface area (Å²) < 4.78 is 10.9. The van der Waals surface area contributed by atoms with Gasteiger partial charge in [0.05, 0.1) is 32.1 Å². The van der Waals surface area contributed by atoms with E-state index in [1.54, 1.807) is 30.5 Å². The molecule has 160 valence electrons. The second-order valence-electron chi connectivity index (χ2n) is 7.54. The van der Waals surface area contributed by atoms with Gasteiger partial charge < -0.3 is 24.7 Å². The van der Waals surface area contributed by atoms with E-state index in [-0.39, 0.29) is 6.04 Å². The van der Waals surface area contributed by atoms with Crippen molar-refractivity contribution in [3.63, 3.8) is 0 Å². The van der Waals surface area contributed by atoms with Crippen LogP contribution in [0, 0.1) is 0 Å². The van der Waals surface area contributed by atoms with Crippen molar-refractivity contribution in [3.05, 3.63) is 83.8 Å². The highest BCUT2D eigenvalue weighted by atomic mass is 16.5. The van der Waals surface area contributed by atoms with Gasteiger partial charge in [0.2, 0.25) is 0 Å². The fourth-order valence-electron chi connectivity index (χ4n) is 4.04. The Hall–Kier alpha value is -3.58. The molecule has 1 aromatic heterocycles. The summed E-state index contributed by atoms with van der Waals surface area (Å²) in [4.78, 5) is 26.2. The van der Waals surface area contributed by atoms with Gasteiger partial charge in [-0.25, -0.2) is 0 Å². The van der Waals surface area contributed by atoms with E-state index in [0.717, 1.165) is 25.3 Å². The first-order valence-electron chi connectivity index (χ1n) is 10.3. The van der Waals surface area contributed by atoms with Gasteiger partial charge in [0, 0.05) is 12.0 Å². The Morgan fingerprint density at radius 3 is 2.58 bits per heavy atom. The van der Waals surface area contributed by atoms with E-state index < -0.39 is 11.8 Å². The average Bonchev–Trinajstić information content (AvgIpc) is 3.34. The smallest absolute Gasteiger partial charge is 0.313 e. The number of quaternary nitrogens is 1. The Labute approximate surface area is 181 Å². The number of hydrogen-bond donors (Lipinski definition) is 3. The van der Waals surface area contributed by atoms with E-state index >= 15 is 0 Å². The molecule has 7 nitrogen and oxygen atoms in total. The Morgan fingerprint density at radius 2 is 1.81 bits per heavy atom. The third-order valence-corrected chi connectivity index (χ3v) is 5.66. The number of para-hydroxylation sites is 2. The fraction of sp³-hybridized carbons (Fsp3) is 0.250. The monoisotopic (exact) mass is 420 g/mol. The Morgan fingerprint density at radius 1 is 1.03 bits per heavy atom. The predicted octanol–water partition coefficient (Wildman–Crippen LogP) is 1.73. The summed E-state index contributed by atoms with van der Waals surface area (Å²) in [7, 11) is 1.51. The normalized spacial score (nSPS) is 16.1. The van der Waals surface area contributed by atoms with Crippen LogP contribution in [0.1, 0.15) is 22.9 Å². The highest BCUT2D eigenvalue weighted by molar-refractivity contribution is 6.39. The number of nitrogens with one attached hydrogen (secondary N) is 3. The molecule has 0 aliphatic carbocycles. The molecule has 1 aliphatic heterocycles. The van der Waals surface area contributed by atoms with Crippen LogP contribution < -0.4 is 20.3 Å². The number of furan rings is 1. The molecule has 0 spiro atoms. The summed E-state index contributed by atoms with van der Waals surface area (Å²) in [5.74, 6) is -0.144. The van der Waals surface area contributed by atoms with Crippen LogP contribution in [0.3, 0.4) is 0 Å². The molecular formula is C24H26N3O4+. The molecule has 31 heavy (non-hydrogen) atoms. The van der Waals surface area contributed by atoms with Crippen molar-refractivity contribution in [1.82, 2.24) is 5.32 Å². The van der Waals surface area contributed by atoms with Crippen molar-refractivity contribution < 1.29 is 23.6 Å². The molecule has 3 N–H and O–H groups in total. The predicted molar refractivity (Wildman–Crippen MR) is 116 cm³/mol. The van der Waals surface area contributed by atoms with E-state index in [1.165, 1.54) is 23.1 Å². The van der Waals surface area contributed by atoms with Crippen molar-refractivity contribution in [3.8, 4) is 5.75 Å². The maximum Gasteiger partial charge on any atom is 0.313 e. The summed E-state index contributed by atoms with van der Waals surface area (Å²) >= 11 is 0. The first-order chi connectivity index (χ1) is 15.2. The first kappa shape index (κ1) is 20.7. The molecule has 0 saturated carbocycles. The van der Waals surface area contributed by atoms with Crippen LogP contribution in [0.4, 0.5) is 5.69 Å². The highest BCUT2D eigenvalue weighted by Gasteiger charge is 2.31. The van der Waals surface area contributed by atoms with Crippen molar-refractivity contribution >= 4 is 17.5 Å². The third-order valence-electron chi connectivity index (χ3n) is 5.66. The second-order valence-corrected chi connectivity index (χ2v) is 7.54. The maximum absolute atomic E-state index is 12.5. The van der Waals surface area contributed by atoms with Gasteiger partial charge in [0.1, 0.15) is 12.3 Å². The molecule has 2 aromatic carbocycles. The van der Waals surface area contributed by atoms with Gasteiger partial charge >= 0.3 is 11.8 Å². The molecule has 0 radical (unpaired) electrons. The number of fused-ring (bicyclic) bond motifs is 1. The minimum absolute atomic E-state index is 0.0913. The van der Waals surface area contributed by atoms with Crippen molar-refractivity contribution in [2.24, 2.45) is 0 Å². The minimum atomic E-state index is -0.735. The van der Waals surface area contributed by atoms with Crippen LogP contribution in [0.15, 0.2) is 71.3 Å². The van der Waals surface area contributed by atoms with Gasteiger partial charge in [-0.3, -0.25) is 9.59 Å². The lowest BCUT2D eigenvalue weighted by Gasteiger charge is -2.31. The molecule has 0 saturated heterocycles. The van der Waals surface area contributed by atoms with Crippen molar-refractivity contribution in [2.75, 3.05) is 25.5 Å². The topological polar surface area (TPSA) is 85.0 Å². The van der Waals surface area contributed by atoms with Crippen molar-refractivity contribution in [2.45, 2.75) is 19.0 Å². The Kier molecular flexibility index (Phi) is 6.33. The van der Waals surface area contributed by atoms with Crippen molar-refractivity contribution in [1.29, 1.82) is 0 Å². The number of carbonyl (C=O) groups excluding carboxylic acids is 2. The number of amides is 2. The summed E-state index contributed by atoms with van der Waals surface area (Å²) in [6.07, 6.45) is 2.60. The van der Waals surface area contributed by atoms with Crippen LogP contribution in [0.25, 0.3) is 0 Å². The lowest BCUT2D eigenvalue weighted by Crippen LogP contribution is -3.12. The van der Waals surface area contributed by atoms with Gasteiger partial charge in [-0.15, -0.1) is 0 Å². The van der Waals surface area contributed by atoms with E-state index in [2.05, 4.69) is 28.8 Å². The zero-order valence-corrected chi connectivity index (χ0v) is 17.4. The Bertz CT molecular complexity index is 1050. The molecule has 1 aliphatic rings. The zero-order valence-electron chi connectivity index (χ0n) is 17.4. The van der Waals surface area contributed by atoms with E-state index in [4.69, 9.17) is 9.15 Å². The first-order valence-corrected chi connectivity index (χ1v) is 10.3. The molecule has 7 heteroatoms. The Balaban J connectivity index is 1.42. The van der Waals surface area contributed by atoms with E-state index in [9.17, 15) is 9.59 Å². The number of hydrogen-bond acceptors (Lipinski definition) is 4. The largest absolute Gasteiger partial charge is 0.495 e. The molecule has 2 heterocycles. The SMILES string of the molecule is COc1ccccc1NC(=O)C(=O)NC[C@@H](c1ccco1)[NH+]1CCc2ccccc2C1. The lowest BCUT2D eigenvalue weighted by atomic mass is 9.98. The van der Waals surface area contributed by atoms with Crippen LogP contribution >= 0.6 is 0 Å². The second kappa shape index (κ2) is 9.49. The minimum Gasteiger partial charge on any atom is -0.495 e. The number of benzene rings is 2. The number of carbonyl (C=O) groups is 2. The molecule has 4 rings (SSSR count). The third kappa shape index (κ3) is 4.78. The van der Waals surface area contributed by atoms with Gasteiger partial charge in [0.25, 0.3) is 0 Å². The maximum atomic E-state index is 12.5. The van der Waals surface area contributed by atoms with Crippen LogP contribution in [-0.4, -0.2) is 32.0 Å². The lowest BCUT2D eigenvalue weighted by molar-refractivity contribution is -0.946. The average molecular weight is 420 g/mol. The van der Waals surface area contributed by atoms with Crippen LogP contribution in [0.5, 0.6) is 5.75 Å². The number of anilines is 1. The summed E-state index contributed by atoms with van der Waals surface area (Å²) in [5, 5.41) is 5.38. The number of methoxy groups -OCH3 is 1. The molecular weight excluding hydrogens is 394 g/mol. The highest BCUT2D eigenvalue weighted by Crippen LogP contribution is 2.22. The number of rotatable bonds is 6. The molecule has 3 aromatic rings. The van der Waals surface area contributed by atoms with Gasteiger partial charge in [-0.05, 0) is 29.8 Å². The summed E-state index contributed by atoms with van der Waals surface area (Å²) in [6, 6.07) is 19.1. The molecule has 0 bridgehead atoms.